The van der Waals surface area contributed by atoms with Gasteiger partial charge in [0.2, 0.25) is 5.91 Å². The predicted molar refractivity (Wildman–Crippen MR) is 122 cm³/mol. The summed E-state index contributed by atoms with van der Waals surface area (Å²) in [5.74, 6) is 0.544. The predicted octanol–water partition coefficient (Wildman–Crippen LogP) is 4.66. The zero-order chi connectivity index (χ0) is 22.1. The molecule has 9 heteroatoms. The fraction of sp³-hybridized carbons (Fsp3) is 0.227. The number of benzene rings is 2. The Bertz CT molecular complexity index is 1170. The minimum atomic E-state index is -0.201. The molecule has 0 saturated heterocycles. The van der Waals surface area contributed by atoms with Gasteiger partial charge in [0.15, 0.2) is 0 Å². The molecule has 3 aromatic rings. The van der Waals surface area contributed by atoms with Crippen molar-refractivity contribution in [2.24, 2.45) is 7.05 Å². The van der Waals surface area contributed by atoms with E-state index in [2.05, 4.69) is 15.7 Å². The van der Waals surface area contributed by atoms with Gasteiger partial charge in [-0.1, -0.05) is 36.2 Å². The second-order valence-corrected chi connectivity index (χ2v) is 8.10. The topological polar surface area (TPSA) is 79.3 Å². The lowest BCUT2D eigenvalue weighted by atomic mass is 10.1. The Labute approximate surface area is 189 Å². The van der Waals surface area contributed by atoms with Gasteiger partial charge in [0.1, 0.15) is 5.82 Å². The third kappa shape index (κ3) is 4.24. The molecule has 1 aromatic heterocycles. The van der Waals surface area contributed by atoms with E-state index >= 15 is 0 Å². The molecule has 0 saturated carbocycles. The summed E-state index contributed by atoms with van der Waals surface area (Å²) < 4.78 is 1.73. The summed E-state index contributed by atoms with van der Waals surface area (Å²) in [7, 11) is 1.84. The van der Waals surface area contributed by atoms with Crippen molar-refractivity contribution in [1.29, 1.82) is 0 Å². The molecule has 0 unspecified atom stereocenters. The van der Waals surface area contributed by atoms with Gasteiger partial charge in [-0.15, -0.1) is 0 Å². The van der Waals surface area contributed by atoms with Crippen LogP contribution < -0.4 is 15.5 Å². The van der Waals surface area contributed by atoms with Crippen LogP contribution in [0.4, 0.5) is 17.2 Å². The highest BCUT2D eigenvalue weighted by Gasteiger charge is 2.27. The Morgan fingerprint density at radius 1 is 1.19 bits per heavy atom. The lowest BCUT2D eigenvalue weighted by Gasteiger charge is -2.23. The zero-order valence-electron chi connectivity index (χ0n) is 17.1. The molecule has 0 spiro atoms. The first kappa shape index (κ1) is 21.2. The third-order valence-electron chi connectivity index (χ3n) is 5.19. The fourth-order valence-electron chi connectivity index (χ4n) is 3.47. The second-order valence-electron chi connectivity index (χ2n) is 7.26. The standard InChI is InChI=1S/C22H21Cl2N5O2/c1-3-20(30)25-10-14-5-4-13(8-17(14)24)22(31)29-12-15-11-26-28(2)21(15)27-18-9-16(23)6-7-19(18)29/h4-9,11,27H,3,10,12H2,1-2H3,(H,25,30). The first-order chi connectivity index (χ1) is 14.9. The number of hydrogen-bond donors (Lipinski definition) is 2. The molecule has 160 valence electrons. The third-order valence-corrected chi connectivity index (χ3v) is 5.77. The summed E-state index contributed by atoms with van der Waals surface area (Å²) in [6.45, 7) is 2.44. The number of fused-ring (bicyclic) bond motifs is 2. The van der Waals surface area contributed by atoms with Crippen LogP contribution in [0.25, 0.3) is 0 Å². The average molecular weight is 458 g/mol. The second kappa shape index (κ2) is 8.61. The van der Waals surface area contributed by atoms with E-state index in [0.29, 0.717) is 46.5 Å². The molecule has 4 rings (SSSR count). The van der Waals surface area contributed by atoms with Crippen molar-refractivity contribution in [1.82, 2.24) is 15.1 Å². The van der Waals surface area contributed by atoms with Gasteiger partial charge >= 0.3 is 0 Å². The van der Waals surface area contributed by atoms with Crippen LogP contribution in [-0.2, 0) is 24.9 Å². The molecule has 0 atom stereocenters. The normalized spacial score (nSPS) is 12.5. The summed E-state index contributed by atoms with van der Waals surface area (Å²) in [5.41, 5.74) is 3.51. The van der Waals surface area contributed by atoms with Crippen LogP contribution in [0, 0.1) is 0 Å². The lowest BCUT2D eigenvalue weighted by Crippen LogP contribution is -2.30. The molecule has 2 aromatic carbocycles. The minimum Gasteiger partial charge on any atom is -0.352 e. The number of halogens is 2. The summed E-state index contributed by atoms with van der Waals surface area (Å²) in [5, 5.41) is 11.4. The van der Waals surface area contributed by atoms with Gasteiger partial charge in [-0.25, -0.2) is 0 Å². The Hall–Kier alpha value is -3.03. The van der Waals surface area contributed by atoms with Crippen molar-refractivity contribution < 1.29 is 9.59 Å². The van der Waals surface area contributed by atoms with Crippen molar-refractivity contribution in [3.63, 3.8) is 0 Å². The molecule has 1 aliphatic rings. The summed E-state index contributed by atoms with van der Waals surface area (Å²) in [6.07, 6.45) is 2.14. The maximum absolute atomic E-state index is 13.5. The lowest BCUT2D eigenvalue weighted by molar-refractivity contribution is -0.120. The highest BCUT2D eigenvalue weighted by molar-refractivity contribution is 6.32. The van der Waals surface area contributed by atoms with Crippen LogP contribution in [0.15, 0.2) is 42.6 Å². The van der Waals surface area contributed by atoms with Crippen LogP contribution >= 0.6 is 23.2 Å². The molecule has 2 N–H and O–H groups in total. The summed E-state index contributed by atoms with van der Waals surface area (Å²) in [4.78, 5) is 26.7. The summed E-state index contributed by atoms with van der Waals surface area (Å²) >= 11 is 12.6. The number of anilines is 3. The number of carbonyl (C=O) groups is 2. The van der Waals surface area contributed by atoms with E-state index in [0.717, 1.165) is 16.9 Å². The van der Waals surface area contributed by atoms with Crippen molar-refractivity contribution in [3.05, 3.63) is 69.3 Å². The number of hydrogen-bond acceptors (Lipinski definition) is 4. The Morgan fingerprint density at radius 2 is 2.00 bits per heavy atom. The summed E-state index contributed by atoms with van der Waals surface area (Å²) in [6, 6.07) is 10.5. The average Bonchev–Trinajstić information content (AvgIpc) is 3.00. The van der Waals surface area contributed by atoms with Crippen LogP contribution in [0.1, 0.15) is 34.8 Å². The number of aromatic nitrogens is 2. The molecular formula is C22H21Cl2N5O2. The minimum absolute atomic E-state index is 0.0594. The zero-order valence-corrected chi connectivity index (χ0v) is 18.6. The number of amides is 2. The molecule has 0 radical (unpaired) electrons. The number of rotatable bonds is 4. The van der Waals surface area contributed by atoms with E-state index in [1.165, 1.54) is 0 Å². The number of aryl methyl sites for hydroxylation is 1. The Kier molecular flexibility index (Phi) is 5.89. The molecule has 0 bridgehead atoms. The van der Waals surface area contributed by atoms with Gasteiger partial charge in [-0.05, 0) is 35.9 Å². The monoisotopic (exact) mass is 457 g/mol. The van der Waals surface area contributed by atoms with Crippen LogP contribution in [-0.4, -0.2) is 21.6 Å². The van der Waals surface area contributed by atoms with E-state index in [4.69, 9.17) is 23.2 Å². The Morgan fingerprint density at radius 3 is 2.74 bits per heavy atom. The van der Waals surface area contributed by atoms with E-state index in [-0.39, 0.29) is 11.8 Å². The maximum Gasteiger partial charge on any atom is 0.258 e. The van der Waals surface area contributed by atoms with E-state index < -0.39 is 0 Å². The van der Waals surface area contributed by atoms with Gasteiger partial charge in [0.25, 0.3) is 5.91 Å². The molecule has 0 aliphatic carbocycles. The van der Waals surface area contributed by atoms with Gasteiger partial charge in [0.05, 0.1) is 24.1 Å². The maximum atomic E-state index is 13.5. The van der Waals surface area contributed by atoms with Crippen LogP contribution in [0.5, 0.6) is 0 Å². The van der Waals surface area contributed by atoms with Gasteiger partial charge < -0.3 is 15.5 Å². The molecule has 7 nitrogen and oxygen atoms in total. The smallest absolute Gasteiger partial charge is 0.258 e. The van der Waals surface area contributed by atoms with Crippen LogP contribution in [0.2, 0.25) is 10.0 Å². The van der Waals surface area contributed by atoms with Crippen LogP contribution in [0.3, 0.4) is 0 Å². The van der Waals surface area contributed by atoms with E-state index in [1.807, 2.05) is 13.1 Å². The van der Waals surface area contributed by atoms with Gasteiger partial charge in [-0.3, -0.25) is 14.3 Å². The quantitative estimate of drug-likeness (QED) is 0.596. The highest BCUT2D eigenvalue weighted by Crippen LogP contribution is 2.38. The van der Waals surface area contributed by atoms with Gasteiger partial charge in [0, 0.05) is 41.2 Å². The number of carbonyl (C=O) groups excluding carboxylic acids is 2. The van der Waals surface area contributed by atoms with E-state index in [1.54, 1.807) is 53.0 Å². The first-order valence-electron chi connectivity index (χ1n) is 9.81. The van der Waals surface area contributed by atoms with Crippen molar-refractivity contribution in [2.75, 3.05) is 10.2 Å². The highest BCUT2D eigenvalue weighted by atomic mass is 35.5. The molecule has 0 fully saturated rings. The Balaban J connectivity index is 1.67. The number of nitrogens with one attached hydrogen (secondary N) is 2. The number of nitrogens with zero attached hydrogens (tertiary/aromatic N) is 3. The molecule has 31 heavy (non-hydrogen) atoms. The molecule has 2 amide bonds. The largest absolute Gasteiger partial charge is 0.352 e. The van der Waals surface area contributed by atoms with E-state index in [9.17, 15) is 9.59 Å². The van der Waals surface area contributed by atoms with Crippen molar-refractivity contribution in [3.8, 4) is 0 Å². The fourth-order valence-corrected chi connectivity index (χ4v) is 3.89. The first-order valence-corrected chi connectivity index (χ1v) is 10.6. The van der Waals surface area contributed by atoms with Crippen molar-refractivity contribution >= 4 is 52.2 Å². The van der Waals surface area contributed by atoms with Gasteiger partial charge in [-0.2, -0.15) is 5.10 Å². The van der Waals surface area contributed by atoms with Crippen molar-refractivity contribution in [2.45, 2.75) is 26.4 Å². The molecular weight excluding hydrogens is 437 g/mol. The molecule has 1 aliphatic heterocycles. The molecule has 2 heterocycles. The SMILES string of the molecule is CCC(=O)NCc1ccc(C(=O)N2Cc3cnn(C)c3Nc3cc(Cl)ccc32)cc1Cl.